The summed E-state index contributed by atoms with van der Waals surface area (Å²) in [5.41, 5.74) is 1.03. The molecule has 0 N–H and O–H groups in total. The van der Waals surface area contributed by atoms with Crippen molar-refractivity contribution in [1.82, 2.24) is 9.78 Å². The van der Waals surface area contributed by atoms with Crippen LogP contribution in [0, 0.1) is 3.95 Å². The maximum atomic E-state index is 5.31. The largest absolute Gasteiger partial charge is 0.211 e. The van der Waals surface area contributed by atoms with Gasteiger partial charge in [-0.2, -0.15) is 0 Å². The van der Waals surface area contributed by atoms with Gasteiger partial charge in [0.15, 0.2) is 8.29 Å². The van der Waals surface area contributed by atoms with E-state index in [0.29, 0.717) is 0 Å². The summed E-state index contributed by atoms with van der Waals surface area (Å²) in [4.78, 5) is 0. The Bertz CT molecular complexity index is 501. The van der Waals surface area contributed by atoms with Crippen molar-refractivity contribution in [2.24, 2.45) is 0 Å². The molecule has 1 aromatic carbocycles. The second kappa shape index (κ2) is 5.61. The molecule has 1 aromatic heterocycles. The molecule has 1 heterocycles. The molecule has 0 radical (unpaired) electrons. The molecule has 84 valence electrons. The first kappa shape index (κ1) is 11.8. The molecule has 0 atom stereocenters. The maximum Gasteiger partial charge on any atom is 0.184 e. The summed E-state index contributed by atoms with van der Waals surface area (Å²) in [6.07, 6.45) is 1.16. The van der Waals surface area contributed by atoms with Crippen molar-refractivity contribution in [3.63, 3.8) is 0 Å². The van der Waals surface area contributed by atoms with E-state index in [-0.39, 0.29) is 0 Å². The topological polar surface area (TPSA) is 17.8 Å². The third kappa shape index (κ3) is 2.72. The first-order valence-corrected chi connectivity index (χ1v) is 7.30. The highest BCUT2D eigenvalue weighted by molar-refractivity contribution is 8.01. The molecule has 0 aliphatic rings. The zero-order valence-electron chi connectivity index (χ0n) is 8.92. The van der Waals surface area contributed by atoms with E-state index in [0.717, 1.165) is 26.2 Å². The van der Waals surface area contributed by atoms with Crippen molar-refractivity contribution >= 4 is 35.3 Å². The first-order chi connectivity index (χ1) is 7.81. The molecule has 5 heteroatoms. The third-order valence-electron chi connectivity index (χ3n) is 1.96. The van der Waals surface area contributed by atoms with E-state index in [4.69, 9.17) is 12.2 Å². The minimum atomic E-state index is 0.810. The lowest BCUT2D eigenvalue weighted by atomic mass is 10.3. The van der Waals surface area contributed by atoms with Gasteiger partial charge in [-0.1, -0.05) is 48.2 Å². The van der Waals surface area contributed by atoms with Gasteiger partial charge in [0.1, 0.15) is 0 Å². The van der Waals surface area contributed by atoms with Gasteiger partial charge in [-0.05, 0) is 30.8 Å². The zero-order chi connectivity index (χ0) is 11.4. The van der Waals surface area contributed by atoms with Crippen LogP contribution in [0.2, 0.25) is 0 Å². The van der Waals surface area contributed by atoms with Crippen LogP contribution >= 0.6 is 35.3 Å². The van der Waals surface area contributed by atoms with Crippen molar-refractivity contribution in [2.45, 2.75) is 17.7 Å². The maximum absolute atomic E-state index is 5.31. The normalized spacial score (nSPS) is 10.6. The first-order valence-electron chi connectivity index (χ1n) is 5.09. The number of aromatic nitrogens is 2. The zero-order valence-corrected chi connectivity index (χ0v) is 11.4. The summed E-state index contributed by atoms with van der Waals surface area (Å²) in [5, 5.41) is 4.51. The summed E-state index contributed by atoms with van der Waals surface area (Å²) in [7, 11) is 0. The summed E-state index contributed by atoms with van der Waals surface area (Å²) < 4.78 is 3.69. The van der Waals surface area contributed by atoms with Crippen molar-refractivity contribution in [3.8, 4) is 5.69 Å². The lowest BCUT2D eigenvalue weighted by Gasteiger charge is -1.98. The van der Waals surface area contributed by atoms with Crippen LogP contribution in [-0.2, 0) is 0 Å². The second-order valence-corrected chi connectivity index (χ2v) is 6.19. The fourth-order valence-electron chi connectivity index (χ4n) is 1.24. The van der Waals surface area contributed by atoms with Gasteiger partial charge in [0.25, 0.3) is 0 Å². The van der Waals surface area contributed by atoms with Gasteiger partial charge >= 0.3 is 0 Å². The van der Waals surface area contributed by atoms with Gasteiger partial charge in [0.2, 0.25) is 0 Å². The summed E-state index contributed by atoms with van der Waals surface area (Å²) in [6, 6.07) is 10.0. The number of para-hydroxylation sites is 1. The summed E-state index contributed by atoms with van der Waals surface area (Å²) in [5.74, 6) is 1.09. The molecule has 0 amide bonds. The van der Waals surface area contributed by atoms with Crippen LogP contribution in [0.4, 0.5) is 0 Å². The highest BCUT2D eigenvalue weighted by Crippen LogP contribution is 2.24. The van der Waals surface area contributed by atoms with Crippen molar-refractivity contribution < 1.29 is 0 Å². The smallest absolute Gasteiger partial charge is 0.184 e. The molecule has 0 aliphatic carbocycles. The minimum absolute atomic E-state index is 0.810. The molecular weight excluding hydrogens is 256 g/mol. The minimum Gasteiger partial charge on any atom is -0.211 e. The van der Waals surface area contributed by atoms with Crippen molar-refractivity contribution in [1.29, 1.82) is 0 Å². The fraction of sp³-hybridized carbons (Fsp3) is 0.273. The van der Waals surface area contributed by atoms with Gasteiger partial charge in [-0.25, -0.2) is 4.68 Å². The van der Waals surface area contributed by atoms with Crippen LogP contribution < -0.4 is 0 Å². The number of benzene rings is 1. The van der Waals surface area contributed by atoms with E-state index < -0.39 is 0 Å². The summed E-state index contributed by atoms with van der Waals surface area (Å²) in [6.45, 7) is 2.17. The van der Waals surface area contributed by atoms with Gasteiger partial charge in [-0.3, -0.25) is 0 Å². The van der Waals surface area contributed by atoms with Gasteiger partial charge < -0.3 is 0 Å². The number of rotatable bonds is 4. The second-order valence-electron chi connectivity index (χ2n) is 3.23. The van der Waals surface area contributed by atoms with Crippen LogP contribution in [0.5, 0.6) is 0 Å². The van der Waals surface area contributed by atoms with Gasteiger partial charge in [-0.15, -0.1) is 5.10 Å². The molecule has 2 rings (SSSR count). The Morgan fingerprint density at radius 2 is 2.12 bits per heavy atom. The molecule has 0 aliphatic heterocycles. The van der Waals surface area contributed by atoms with Crippen molar-refractivity contribution in [2.75, 3.05) is 5.75 Å². The Morgan fingerprint density at radius 1 is 1.38 bits per heavy atom. The third-order valence-corrected chi connectivity index (χ3v) is 4.53. The molecule has 0 saturated heterocycles. The Morgan fingerprint density at radius 3 is 2.81 bits per heavy atom. The van der Waals surface area contributed by atoms with Crippen molar-refractivity contribution in [3.05, 3.63) is 34.3 Å². The van der Waals surface area contributed by atoms with Gasteiger partial charge in [0.05, 0.1) is 5.69 Å². The standard InChI is InChI=1S/C11H12N2S3/c1-2-8-15-10-12-13(11(14)16-10)9-6-4-3-5-7-9/h3-7H,2,8H2,1H3. The van der Waals surface area contributed by atoms with E-state index >= 15 is 0 Å². The van der Waals surface area contributed by atoms with E-state index in [1.54, 1.807) is 23.1 Å². The summed E-state index contributed by atoms with van der Waals surface area (Å²) >= 11 is 8.66. The fourth-order valence-corrected chi connectivity index (χ4v) is 3.53. The molecule has 16 heavy (non-hydrogen) atoms. The van der Waals surface area contributed by atoms with Crippen LogP contribution in [0.15, 0.2) is 34.7 Å². The Hall–Kier alpha value is -0.650. The molecule has 0 saturated carbocycles. The number of nitrogens with zero attached hydrogens (tertiary/aromatic N) is 2. The molecule has 0 fully saturated rings. The highest BCUT2D eigenvalue weighted by Gasteiger charge is 2.04. The lowest BCUT2D eigenvalue weighted by molar-refractivity contribution is 0.829. The van der Waals surface area contributed by atoms with E-state index in [1.807, 2.05) is 35.0 Å². The Balaban J connectivity index is 2.29. The molecule has 0 bridgehead atoms. The van der Waals surface area contributed by atoms with Crippen LogP contribution in [0.3, 0.4) is 0 Å². The highest BCUT2D eigenvalue weighted by atomic mass is 32.2. The Labute approximate surface area is 108 Å². The number of hydrogen-bond donors (Lipinski definition) is 0. The Kier molecular flexibility index (Phi) is 4.15. The molecular formula is C11H12N2S3. The monoisotopic (exact) mass is 268 g/mol. The molecule has 0 unspecified atom stereocenters. The lowest BCUT2D eigenvalue weighted by Crippen LogP contribution is -1.95. The number of hydrogen-bond acceptors (Lipinski definition) is 4. The van der Waals surface area contributed by atoms with Gasteiger partial charge in [0, 0.05) is 5.75 Å². The average Bonchev–Trinajstić information content (AvgIpc) is 2.69. The van der Waals surface area contributed by atoms with E-state index in [9.17, 15) is 0 Å². The van der Waals surface area contributed by atoms with E-state index in [2.05, 4.69) is 12.0 Å². The SMILES string of the molecule is CCCSc1nn(-c2ccccc2)c(=S)s1. The average molecular weight is 268 g/mol. The molecule has 2 nitrogen and oxygen atoms in total. The predicted octanol–water partition coefficient (Wildman–Crippen LogP) is 4.17. The molecule has 0 spiro atoms. The van der Waals surface area contributed by atoms with E-state index in [1.165, 1.54) is 0 Å². The molecule has 2 aromatic rings. The predicted molar refractivity (Wildman–Crippen MR) is 73.3 cm³/mol. The number of thioether (sulfide) groups is 1. The quantitative estimate of drug-likeness (QED) is 0.612. The van der Waals surface area contributed by atoms with Crippen LogP contribution in [0.25, 0.3) is 5.69 Å². The van der Waals surface area contributed by atoms with Crippen LogP contribution in [0.1, 0.15) is 13.3 Å². The van der Waals surface area contributed by atoms with Crippen LogP contribution in [-0.4, -0.2) is 15.5 Å².